The Hall–Kier alpha value is -3.22. The molecule has 13 nitrogen and oxygen atoms in total. The van der Waals surface area contributed by atoms with Gasteiger partial charge in [-0.1, -0.05) is 81.1 Å². The first-order valence-corrected chi connectivity index (χ1v) is 19.7. The summed E-state index contributed by atoms with van der Waals surface area (Å²) in [4.78, 5) is 85.0. The number of carbonyl (C=O) groups is 6. The van der Waals surface area contributed by atoms with Gasteiger partial charge in [0, 0.05) is 31.7 Å². The second-order valence-corrected chi connectivity index (χ2v) is 19.0. The summed E-state index contributed by atoms with van der Waals surface area (Å²) < 4.78 is 0. The maximum Gasteiger partial charge on any atom is 0.316 e. The quantitative estimate of drug-likeness (QED) is 0.181. The number of primary amides is 1. The van der Waals surface area contributed by atoms with Crippen molar-refractivity contribution >= 4 is 35.4 Å². The van der Waals surface area contributed by atoms with Crippen molar-refractivity contribution in [3.63, 3.8) is 0 Å². The summed E-state index contributed by atoms with van der Waals surface area (Å²) in [5.74, 6) is -2.49. The lowest BCUT2D eigenvalue weighted by atomic mass is 9.54. The van der Waals surface area contributed by atoms with E-state index in [1.165, 1.54) is 0 Å². The second kappa shape index (κ2) is 14.9. The number of ketones is 1. The molecule has 0 aromatic heterocycles. The fraction of sp³-hybridized carbons (Fsp3) is 0.846. The number of urea groups is 1. The number of hydrogen-bond acceptors (Lipinski definition) is 7. The van der Waals surface area contributed by atoms with Crippen molar-refractivity contribution in [1.82, 2.24) is 31.1 Å². The number of nitrogens with one attached hydrogen (secondary N) is 4. The first-order chi connectivity index (χ1) is 24.2. The number of amides is 6. The molecule has 5 rings (SSSR count). The summed E-state index contributed by atoms with van der Waals surface area (Å²) in [5.41, 5.74) is 3.99. The molecule has 6 N–H and O–H groups in total. The standard InChI is InChI=1S/C39H65N7O6/c1-23(2)28(33(50)45-18-17-41-39(22-45)15-16-39)43-35(52)44-30(36(3,4)5)34(51)46-21-38(8,37(6,7)25-13-10-14-25)20-27(46)32(49)42-26(29(47)31(40)48)19-24-11-9-12-24/h23-28,30,41H,9-22H2,1-8H3,(H2,40,48)(H,42,49)(H2,43,44,52)/t26?,27-,28?,30-,38-/m0/s1. The Labute approximate surface area is 310 Å². The Kier molecular flexibility index (Phi) is 11.5. The molecule has 2 aliphatic heterocycles. The molecule has 3 aliphatic carbocycles. The van der Waals surface area contributed by atoms with Gasteiger partial charge in [-0.15, -0.1) is 0 Å². The zero-order chi connectivity index (χ0) is 38.4. The molecule has 0 aromatic carbocycles. The topological polar surface area (TPSA) is 183 Å². The number of hydrogen-bond donors (Lipinski definition) is 5. The van der Waals surface area contributed by atoms with Gasteiger partial charge in [0.2, 0.25) is 23.5 Å². The average molecular weight is 728 g/mol. The Morgan fingerprint density at radius 2 is 1.52 bits per heavy atom. The Balaban J connectivity index is 1.37. The summed E-state index contributed by atoms with van der Waals surface area (Å²) >= 11 is 0. The van der Waals surface area contributed by atoms with E-state index in [1.54, 1.807) is 4.90 Å². The SMILES string of the molecule is CC(C)C(NC(=O)N[C@@H](C(=O)N1C[C@@](C)(C(C)(C)C2CCC2)C[C@H]1C(=O)NC(CC1CCC1)C(=O)C(N)=O)C(C)(C)C)C(=O)N1CCNC2(CC2)C1. The molecular formula is C39H65N7O6. The van der Waals surface area contributed by atoms with E-state index in [0.29, 0.717) is 38.4 Å². The lowest BCUT2D eigenvalue weighted by Gasteiger charge is -2.50. The van der Waals surface area contributed by atoms with Gasteiger partial charge in [0.1, 0.15) is 18.1 Å². The maximum atomic E-state index is 14.8. The summed E-state index contributed by atoms with van der Waals surface area (Å²) in [6, 6.07) is -4.42. The molecule has 0 aromatic rings. The number of carbonyl (C=O) groups excluding carboxylic acids is 6. The fourth-order valence-corrected chi connectivity index (χ4v) is 8.84. The van der Waals surface area contributed by atoms with E-state index in [1.807, 2.05) is 39.5 Å². The monoisotopic (exact) mass is 727 g/mol. The molecule has 0 bridgehead atoms. The Morgan fingerprint density at radius 1 is 0.885 bits per heavy atom. The molecule has 0 radical (unpaired) electrons. The summed E-state index contributed by atoms with van der Waals surface area (Å²) in [6.07, 6.45) is 8.94. The number of Topliss-reactive ketones (excluding diaryl/α,β-unsaturated/α-hetero) is 1. The van der Waals surface area contributed by atoms with E-state index >= 15 is 0 Å². The smallest absolute Gasteiger partial charge is 0.316 e. The summed E-state index contributed by atoms with van der Waals surface area (Å²) in [6.45, 7) is 18.1. The number of likely N-dealkylation sites (tertiary alicyclic amines) is 1. The van der Waals surface area contributed by atoms with Crippen molar-refractivity contribution in [2.75, 3.05) is 26.2 Å². The first-order valence-electron chi connectivity index (χ1n) is 19.7. The lowest BCUT2D eigenvalue weighted by Crippen LogP contribution is -2.63. The molecule has 13 heteroatoms. The van der Waals surface area contributed by atoms with Crippen molar-refractivity contribution in [3.8, 4) is 0 Å². The minimum atomic E-state index is -1.09. The molecule has 52 heavy (non-hydrogen) atoms. The van der Waals surface area contributed by atoms with Gasteiger partial charge in [0.05, 0.1) is 6.04 Å². The van der Waals surface area contributed by atoms with Gasteiger partial charge in [0.15, 0.2) is 0 Å². The highest BCUT2D eigenvalue weighted by Crippen LogP contribution is 2.57. The van der Waals surface area contributed by atoms with E-state index < -0.39 is 64.5 Å². The minimum Gasteiger partial charge on any atom is -0.363 e. The molecule has 5 aliphatic rings. The third-order valence-corrected chi connectivity index (χ3v) is 13.6. The summed E-state index contributed by atoms with van der Waals surface area (Å²) in [5, 5.41) is 12.2. The van der Waals surface area contributed by atoms with E-state index in [-0.39, 0.29) is 35.2 Å². The van der Waals surface area contributed by atoms with E-state index in [0.717, 1.165) is 51.4 Å². The number of nitrogens with two attached hydrogens (primary N) is 1. The highest BCUT2D eigenvalue weighted by molar-refractivity contribution is 6.37. The highest BCUT2D eigenvalue weighted by atomic mass is 16.2. The molecule has 292 valence electrons. The predicted molar refractivity (Wildman–Crippen MR) is 198 cm³/mol. The molecule has 5 fully saturated rings. The second-order valence-electron chi connectivity index (χ2n) is 19.0. The van der Waals surface area contributed by atoms with Gasteiger partial charge in [0.25, 0.3) is 5.91 Å². The third kappa shape index (κ3) is 8.29. The lowest BCUT2D eigenvalue weighted by molar-refractivity contribution is -0.143. The van der Waals surface area contributed by atoms with Crippen LogP contribution in [0.3, 0.4) is 0 Å². The number of rotatable bonds is 13. The first kappa shape index (κ1) is 40.0. The van der Waals surface area contributed by atoms with Crippen LogP contribution in [-0.2, 0) is 24.0 Å². The highest BCUT2D eigenvalue weighted by Gasteiger charge is 2.57. The number of piperazine rings is 1. The van der Waals surface area contributed by atoms with Crippen molar-refractivity contribution in [2.45, 2.75) is 149 Å². The third-order valence-electron chi connectivity index (χ3n) is 13.6. The van der Waals surface area contributed by atoms with Crippen LogP contribution >= 0.6 is 0 Å². The predicted octanol–water partition coefficient (Wildman–Crippen LogP) is 2.85. The van der Waals surface area contributed by atoms with Gasteiger partial charge < -0.3 is 36.8 Å². The van der Waals surface area contributed by atoms with Crippen molar-refractivity contribution in [1.29, 1.82) is 0 Å². The van der Waals surface area contributed by atoms with Crippen LogP contribution in [0.5, 0.6) is 0 Å². The molecule has 1 spiro atoms. The van der Waals surface area contributed by atoms with E-state index in [4.69, 9.17) is 5.73 Å². The minimum absolute atomic E-state index is 0.00788. The van der Waals surface area contributed by atoms with E-state index in [2.05, 4.69) is 42.0 Å². The molecule has 2 heterocycles. The Morgan fingerprint density at radius 3 is 2.02 bits per heavy atom. The van der Waals surface area contributed by atoms with Crippen molar-refractivity contribution in [3.05, 3.63) is 0 Å². The Bertz CT molecular complexity index is 1410. The van der Waals surface area contributed by atoms with Crippen LogP contribution in [0.25, 0.3) is 0 Å². The van der Waals surface area contributed by atoms with Crippen LogP contribution in [0.15, 0.2) is 0 Å². The van der Waals surface area contributed by atoms with E-state index in [9.17, 15) is 28.8 Å². The van der Waals surface area contributed by atoms with Gasteiger partial charge in [-0.2, -0.15) is 0 Å². The fourth-order valence-electron chi connectivity index (χ4n) is 8.84. The normalized spacial score (nSPS) is 26.5. The van der Waals surface area contributed by atoms with Crippen LogP contribution in [0.4, 0.5) is 4.79 Å². The largest absolute Gasteiger partial charge is 0.363 e. The zero-order valence-corrected chi connectivity index (χ0v) is 32.9. The van der Waals surface area contributed by atoms with Crippen molar-refractivity contribution in [2.24, 2.45) is 39.7 Å². The molecule has 5 atom stereocenters. The van der Waals surface area contributed by atoms with Crippen LogP contribution < -0.4 is 27.0 Å². The maximum absolute atomic E-state index is 14.8. The molecular weight excluding hydrogens is 662 g/mol. The zero-order valence-electron chi connectivity index (χ0n) is 32.9. The van der Waals surface area contributed by atoms with Gasteiger partial charge in [-0.25, -0.2) is 4.79 Å². The van der Waals surface area contributed by atoms with Gasteiger partial charge in [-0.3, -0.25) is 24.0 Å². The van der Waals surface area contributed by atoms with Gasteiger partial charge >= 0.3 is 6.03 Å². The average Bonchev–Trinajstić information content (AvgIpc) is 3.63. The summed E-state index contributed by atoms with van der Waals surface area (Å²) in [7, 11) is 0. The van der Waals surface area contributed by atoms with Crippen molar-refractivity contribution < 1.29 is 28.8 Å². The van der Waals surface area contributed by atoms with Crippen LogP contribution in [0, 0.1) is 34.0 Å². The molecule has 6 amide bonds. The molecule has 2 saturated heterocycles. The van der Waals surface area contributed by atoms with Crippen LogP contribution in [0.1, 0.15) is 120 Å². The molecule has 2 unspecified atom stereocenters. The van der Waals surface area contributed by atoms with Crippen LogP contribution in [0.2, 0.25) is 0 Å². The number of nitrogens with zero attached hydrogens (tertiary/aromatic N) is 2. The van der Waals surface area contributed by atoms with Crippen LogP contribution in [-0.4, -0.2) is 101 Å². The van der Waals surface area contributed by atoms with Gasteiger partial charge in [-0.05, 0) is 72.5 Å². The molecule has 3 saturated carbocycles.